The molecule has 0 saturated carbocycles. The molecule has 0 fully saturated rings. The van der Waals surface area contributed by atoms with E-state index in [1.54, 1.807) is 11.8 Å². The van der Waals surface area contributed by atoms with Gasteiger partial charge in [0.05, 0.1) is 13.2 Å². The maximum absolute atomic E-state index is 5.83. The van der Waals surface area contributed by atoms with Gasteiger partial charge in [0.25, 0.3) is 0 Å². The molecule has 0 radical (unpaired) electrons. The van der Waals surface area contributed by atoms with Gasteiger partial charge in [-0.15, -0.1) is 5.10 Å². The fraction of sp³-hybridized carbons (Fsp3) is 0.300. The average molecular weight is 298 g/mol. The van der Waals surface area contributed by atoms with Gasteiger partial charge in [-0.2, -0.15) is 0 Å². The van der Waals surface area contributed by atoms with Gasteiger partial charge in [-0.3, -0.25) is 0 Å². The van der Waals surface area contributed by atoms with Crippen LogP contribution in [0.1, 0.15) is 0 Å². The number of aromatic nitrogens is 4. The average Bonchev–Trinajstić information content (AvgIpc) is 2.78. The molecule has 0 bridgehead atoms. The molecule has 7 heteroatoms. The van der Waals surface area contributed by atoms with Crippen LogP contribution < -0.4 is 5.73 Å². The molecule has 0 spiro atoms. The normalized spacial score (nSPS) is 10.7. The number of methoxy groups -OCH3 is 1. The lowest BCUT2D eigenvalue weighted by Crippen LogP contribution is -2.08. The minimum absolute atomic E-state index is 0.560. The number of halogens is 1. The molecule has 0 atom stereocenters. The van der Waals surface area contributed by atoms with E-state index in [0.717, 1.165) is 10.0 Å². The Balaban J connectivity index is 2.32. The number of tetrazole rings is 1. The van der Waals surface area contributed by atoms with E-state index in [1.165, 1.54) is 0 Å². The van der Waals surface area contributed by atoms with Gasteiger partial charge in [-0.1, -0.05) is 0 Å². The van der Waals surface area contributed by atoms with Crippen LogP contribution in [-0.4, -0.2) is 33.9 Å². The van der Waals surface area contributed by atoms with Gasteiger partial charge >= 0.3 is 0 Å². The zero-order chi connectivity index (χ0) is 12.3. The first kappa shape index (κ1) is 12.0. The van der Waals surface area contributed by atoms with Crippen LogP contribution in [0, 0.1) is 0 Å². The summed E-state index contributed by atoms with van der Waals surface area (Å²) in [5.74, 6) is 0.682. The molecular weight excluding hydrogens is 286 g/mol. The van der Waals surface area contributed by atoms with E-state index >= 15 is 0 Å². The van der Waals surface area contributed by atoms with E-state index in [9.17, 15) is 0 Å². The standard InChI is InChI=1S/C10H12BrN5O/c1-17-5-4-16-10(13-14-15-16)7-2-3-8(11)9(12)6-7/h2-3,6H,4-5,12H2,1H3. The summed E-state index contributed by atoms with van der Waals surface area (Å²) < 4.78 is 7.55. The first-order chi connectivity index (χ1) is 8.22. The summed E-state index contributed by atoms with van der Waals surface area (Å²) in [6, 6.07) is 5.62. The van der Waals surface area contributed by atoms with Crippen molar-refractivity contribution in [3.05, 3.63) is 22.7 Å². The Bertz CT molecular complexity index is 513. The van der Waals surface area contributed by atoms with Crippen LogP contribution in [0.2, 0.25) is 0 Å². The third-order valence-electron chi connectivity index (χ3n) is 2.29. The first-order valence-electron chi connectivity index (χ1n) is 5.03. The molecule has 0 aliphatic heterocycles. The van der Waals surface area contributed by atoms with Gasteiger partial charge in [0, 0.05) is 22.8 Å². The Morgan fingerprint density at radius 1 is 1.47 bits per heavy atom. The maximum atomic E-state index is 5.83. The van der Waals surface area contributed by atoms with Crippen LogP contribution >= 0.6 is 15.9 Å². The third-order valence-corrected chi connectivity index (χ3v) is 3.02. The Kier molecular flexibility index (Phi) is 3.70. The number of ether oxygens (including phenoxy) is 1. The fourth-order valence-electron chi connectivity index (χ4n) is 1.42. The van der Waals surface area contributed by atoms with E-state index < -0.39 is 0 Å². The number of hydrogen-bond donors (Lipinski definition) is 1. The minimum Gasteiger partial charge on any atom is -0.398 e. The highest BCUT2D eigenvalue weighted by Gasteiger charge is 2.09. The number of benzene rings is 1. The highest BCUT2D eigenvalue weighted by molar-refractivity contribution is 9.10. The molecule has 2 N–H and O–H groups in total. The second-order valence-electron chi connectivity index (χ2n) is 3.45. The molecule has 0 aliphatic carbocycles. The van der Waals surface area contributed by atoms with Crippen LogP contribution in [0.3, 0.4) is 0 Å². The SMILES string of the molecule is COCCn1nnnc1-c1ccc(Br)c(N)c1. The molecule has 0 amide bonds. The van der Waals surface area contributed by atoms with Crippen LogP contribution in [-0.2, 0) is 11.3 Å². The fourth-order valence-corrected chi connectivity index (χ4v) is 1.67. The molecule has 1 aromatic carbocycles. The molecule has 2 aromatic rings. The quantitative estimate of drug-likeness (QED) is 0.862. The van der Waals surface area contributed by atoms with Gasteiger partial charge in [-0.25, -0.2) is 4.68 Å². The first-order valence-corrected chi connectivity index (χ1v) is 5.82. The van der Waals surface area contributed by atoms with Crippen molar-refractivity contribution in [1.29, 1.82) is 0 Å². The Labute approximate surface area is 107 Å². The van der Waals surface area contributed by atoms with E-state index in [0.29, 0.717) is 24.7 Å². The minimum atomic E-state index is 0.560. The van der Waals surface area contributed by atoms with Crippen molar-refractivity contribution in [3.8, 4) is 11.4 Å². The summed E-state index contributed by atoms with van der Waals surface area (Å²) in [6.45, 7) is 1.17. The van der Waals surface area contributed by atoms with E-state index in [4.69, 9.17) is 10.5 Å². The van der Waals surface area contributed by atoms with Crippen molar-refractivity contribution in [2.24, 2.45) is 0 Å². The van der Waals surface area contributed by atoms with Gasteiger partial charge in [0.15, 0.2) is 5.82 Å². The third kappa shape index (κ3) is 2.62. The number of hydrogen-bond acceptors (Lipinski definition) is 5. The molecule has 17 heavy (non-hydrogen) atoms. The van der Waals surface area contributed by atoms with Crippen LogP contribution in [0.4, 0.5) is 5.69 Å². The van der Waals surface area contributed by atoms with Crippen LogP contribution in [0.5, 0.6) is 0 Å². The van der Waals surface area contributed by atoms with Gasteiger partial charge in [0.1, 0.15) is 0 Å². The second-order valence-corrected chi connectivity index (χ2v) is 4.31. The van der Waals surface area contributed by atoms with E-state index in [1.807, 2.05) is 18.2 Å². The molecular formula is C10H12BrN5O. The lowest BCUT2D eigenvalue weighted by molar-refractivity contribution is 0.183. The van der Waals surface area contributed by atoms with Gasteiger partial charge in [-0.05, 0) is 44.6 Å². The predicted molar refractivity (Wildman–Crippen MR) is 67.2 cm³/mol. The smallest absolute Gasteiger partial charge is 0.182 e. The molecule has 2 rings (SSSR count). The molecule has 90 valence electrons. The Hall–Kier alpha value is -1.47. The summed E-state index contributed by atoms with van der Waals surface area (Å²) >= 11 is 3.35. The lowest BCUT2D eigenvalue weighted by atomic mass is 10.2. The zero-order valence-electron chi connectivity index (χ0n) is 9.30. The number of nitrogens with two attached hydrogens (primary N) is 1. The molecule has 0 unspecified atom stereocenters. The number of nitrogens with zero attached hydrogens (tertiary/aromatic N) is 4. The summed E-state index contributed by atoms with van der Waals surface area (Å²) in [4.78, 5) is 0. The zero-order valence-corrected chi connectivity index (χ0v) is 10.9. The van der Waals surface area contributed by atoms with Crippen molar-refractivity contribution in [1.82, 2.24) is 20.2 Å². The number of rotatable bonds is 4. The number of nitrogen functional groups attached to an aromatic ring is 1. The maximum Gasteiger partial charge on any atom is 0.182 e. The van der Waals surface area contributed by atoms with Crippen molar-refractivity contribution >= 4 is 21.6 Å². The van der Waals surface area contributed by atoms with Crippen molar-refractivity contribution < 1.29 is 4.74 Å². The van der Waals surface area contributed by atoms with Crippen LogP contribution in [0.15, 0.2) is 22.7 Å². The van der Waals surface area contributed by atoms with Gasteiger partial charge in [0.2, 0.25) is 0 Å². The summed E-state index contributed by atoms with van der Waals surface area (Å²) in [7, 11) is 1.64. The van der Waals surface area contributed by atoms with E-state index in [-0.39, 0.29) is 0 Å². The summed E-state index contributed by atoms with van der Waals surface area (Å²) in [6.07, 6.45) is 0. The highest BCUT2D eigenvalue weighted by Crippen LogP contribution is 2.25. The molecule has 0 saturated heterocycles. The summed E-state index contributed by atoms with van der Waals surface area (Å²) in [5, 5.41) is 11.5. The Morgan fingerprint density at radius 2 is 2.29 bits per heavy atom. The monoisotopic (exact) mass is 297 g/mol. The highest BCUT2D eigenvalue weighted by atomic mass is 79.9. The number of anilines is 1. The topological polar surface area (TPSA) is 78.8 Å². The predicted octanol–water partition coefficient (Wildman–Crippen LogP) is 1.33. The summed E-state index contributed by atoms with van der Waals surface area (Å²) in [5.41, 5.74) is 7.37. The molecule has 1 aromatic heterocycles. The lowest BCUT2D eigenvalue weighted by Gasteiger charge is -2.05. The second kappa shape index (κ2) is 5.24. The molecule has 0 aliphatic rings. The van der Waals surface area contributed by atoms with Crippen molar-refractivity contribution in [2.45, 2.75) is 6.54 Å². The van der Waals surface area contributed by atoms with Crippen LogP contribution in [0.25, 0.3) is 11.4 Å². The van der Waals surface area contributed by atoms with Crippen molar-refractivity contribution in [2.75, 3.05) is 19.5 Å². The Morgan fingerprint density at radius 3 is 3.00 bits per heavy atom. The molecule has 6 nitrogen and oxygen atoms in total. The van der Waals surface area contributed by atoms with Crippen molar-refractivity contribution in [3.63, 3.8) is 0 Å². The molecule has 1 heterocycles. The largest absolute Gasteiger partial charge is 0.398 e. The van der Waals surface area contributed by atoms with E-state index in [2.05, 4.69) is 31.5 Å². The van der Waals surface area contributed by atoms with Gasteiger partial charge < -0.3 is 10.5 Å².